The van der Waals surface area contributed by atoms with Crippen molar-refractivity contribution in [3.05, 3.63) is 0 Å². The lowest BCUT2D eigenvalue weighted by Gasteiger charge is -2.27. The van der Waals surface area contributed by atoms with Crippen molar-refractivity contribution in [1.29, 1.82) is 0 Å². The Morgan fingerprint density at radius 1 is 0.844 bits per heavy atom. The van der Waals surface area contributed by atoms with E-state index in [-0.39, 0.29) is 6.42 Å². The van der Waals surface area contributed by atoms with Crippen LogP contribution >= 0.6 is 0 Å². The van der Waals surface area contributed by atoms with Gasteiger partial charge in [0.15, 0.2) is 0 Å². The second-order valence-corrected chi connectivity index (χ2v) is 7.15. The van der Waals surface area contributed by atoms with Gasteiger partial charge in [-0.25, -0.2) is 4.79 Å². The van der Waals surface area contributed by atoms with Crippen LogP contribution in [0.1, 0.15) is 39.5 Å². The van der Waals surface area contributed by atoms with E-state index >= 15 is 0 Å². The molecule has 0 fully saturated rings. The summed E-state index contributed by atoms with van der Waals surface area (Å²) in [5, 5.41) is 42.3. The normalized spacial score (nSPS) is 15.4. The van der Waals surface area contributed by atoms with E-state index in [4.69, 9.17) is 26.2 Å². The number of nitrogens with two attached hydrogens (primary N) is 1. The number of carboxylic acid groups (broad SMARTS) is 3. The number of aliphatic hydroxyl groups excluding tert-OH is 1. The van der Waals surface area contributed by atoms with Crippen LogP contribution < -0.4 is 21.7 Å². The lowest BCUT2D eigenvalue weighted by Crippen LogP contribution is -2.59. The highest BCUT2D eigenvalue weighted by Gasteiger charge is 2.33. The molecule has 3 amide bonds. The Bertz CT molecular complexity index is 714. The first-order valence-electron chi connectivity index (χ1n) is 9.77. The Labute approximate surface area is 183 Å². The first kappa shape index (κ1) is 28.7. The highest BCUT2D eigenvalue weighted by atomic mass is 16.4. The first-order valence-corrected chi connectivity index (χ1v) is 9.77. The number of hydrogen-bond donors (Lipinski definition) is 8. The number of rotatable bonds is 15. The summed E-state index contributed by atoms with van der Waals surface area (Å²) in [6.07, 6.45) is -1.26. The van der Waals surface area contributed by atoms with Crippen molar-refractivity contribution in [2.24, 2.45) is 11.7 Å². The minimum absolute atomic E-state index is 0.379. The molecule has 14 heteroatoms. The number of carboxylic acids is 3. The number of carbonyl (C=O) groups is 6. The fraction of sp³-hybridized carbons (Fsp3) is 0.667. The highest BCUT2D eigenvalue weighted by molar-refractivity contribution is 5.95. The van der Waals surface area contributed by atoms with Crippen molar-refractivity contribution in [2.45, 2.75) is 63.7 Å². The van der Waals surface area contributed by atoms with Gasteiger partial charge in [0, 0.05) is 6.42 Å². The molecule has 32 heavy (non-hydrogen) atoms. The number of aliphatic carboxylic acids is 3. The number of amides is 3. The van der Waals surface area contributed by atoms with E-state index in [1.165, 1.54) is 0 Å². The first-order chi connectivity index (χ1) is 14.8. The molecule has 9 N–H and O–H groups in total. The Hall–Kier alpha value is -3.26. The van der Waals surface area contributed by atoms with E-state index in [1.807, 2.05) is 0 Å². The van der Waals surface area contributed by atoms with Crippen molar-refractivity contribution in [3.63, 3.8) is 0 Å². The molecular formula is C18H30N4O10. The summed E-state index contributed by atoms with van der Waals surface area (Å²) in [5.41, 5.74) is 5.46. The number of hydrogen-bond acceptors (Lipinski definition) is 8. The maximum atomic E-state index is 12.7. The van der Waals surface area contributed by atoms with Crippen LogP contribution in [0.3, 0.4) is 0 Å². The van der Waals surface area contributed by atoms with Gasteiger partial charge >= 0.3 is 17.9 Å². The van der Waals surface area contributed by atoms with Crippen LogP contribution in [0.5, 0.6) is 0 Å². The average molecular weight is 462 g/mol. The molecule has 0 aromatic rings. The third-order valence-corrected chi connectivity index (χ3v) is 4.60. The van der Waals surface area contributed by atoms with Crippen molar-refractivity contribution in [1.82, 2.24) is 16.0 Å². The monoisotopic (exact) mass is 462 g/mol. The van der Waals surface area contributed by atoms with Gasteiger partial charge in [-0.05, 0) is 12.3 Å². The summed E-state index contributed by atoms with van der Waals surface area (Å²) in [5.74, 6) is -7.47. The van der Waals surface area contributed by atoms with Gasteiger partial charge < -0.3 is 42.1 Å². The number of aliphatic hydroxyl groups is 1. The molecule has 0 rings (SSSR count). The van der Waals surface area contributed by atoms with Gasteiger partial charge in [-0.1, -0.05) is 20.3 Å². The van der Waals surface area contributed by atoms with Crippen molar-refractivity contribution >= 4 is 35.6 Å². The Kier molecular flexibility index (Phi) is 12.5. The second-order valence-electron chi connectivity index (χ2n) is 7.15. The van der Waals surface area contributed by atoms with Gasteiger partial charge in [0.2, 0.25) is 17.7 Å². The van der Waals surface area contributed by atoms with Gasteiger partial charge in [0.1, 0.15) is 18.1 Å². The molecule has 182 valence electrons. The molecule has 0 bridgehead atoms. The fourth-order valence-electron chi connectivity index (χ4n) is 2.50. The zero-order chi connectivity index (χ0) is 25.0. The Balaban J connectivity index is 5.55. The standard InChI is InChI=1S/C18H30N4O10/c1-3-8(2)14(17(30)21-11(7-23)18(31)32)22-16(29)10(4-5-12(24)25)20-15(28)9(19)6-13(26)27/h8-11,14,23H,3-7,19H2,1-2H3,(H,20,28)(H,21,30)(H,22,29)(H,24,25)(H,26,27)(H,31,32). The maximum absolute atomic E-state index is 12.7. The summed E-state index contributed by atoms with van der Waals surface area (Å²) in [7, 11) is 0. The van der Waals surface area contributed by atoms with Crippen LogP contribution in [0.15, 0.2) is 0 Å². The molecule has 5 unspecified atom stereocenters. The SMILES string of the molecule is CCC(C)C(NC(=O)C(CCC(=O)O)NC(=O)C(N)CC(=O)O)C(=O)NC(CO)C(=O)O. The van der Waals surface area contributed by atoms with Crippen LogP contribution in [-0.4, -0.2) is 86.8 Å². The maximum Gasteiger partial charge on any atom is 0.328 e. The predicted octanol–water partition coefficient (Wildman–Crippen LogP) is -2.77. The van der Waals surface area contributed by atoms with E-state index in [0.717, 1.165) is 0 Å². The highest BCUT2D eigenvalue weighted by Crippen LogP contribution is 2.10. The van der Waals surface area contributed by atoms with Crippen LogP contribution in [-0.2, 0) is 28.8 Å². The van der Waals surface area contributed by atoms with E-state index in [1.54, 1.807) is 13.8 Å². The van der Waals surface area contributed by atoms with Crippen LogP contribution in [0, 0.1) is 5.92 Å². The topological polar surface area (TPSA) is 245 Å². The molecule has 0 aromatic carbocycles. The number of carbonyl (C=O) groups excluding carboxylic acids is 3. The molecule has 5 atom stereocenters. The van der Waals surface area contributed by atoms with Gasteiger partial charge in [0.25, 0.3) is 0 Å². The molecule has 0 heterocycles. The largest absolute Gasteiger partial charge is 0.481 e. The molecule has 0 spiro atoms. The van der Waals surface area contributed by atoms with Gasteiger partial charge in [-0.2, -0.15) is 0 Å². The number of nitrogens with one attached hydrogen (secondary N) is 3. The van der Waals surface area contributed by atoms with Crippen LogP contribution in [0.25, 0.3) is 0 Å². The summed E-state index contributed by atoms with van der Waals surface area (Å²) < 4.78 is 0. The molecule has 0 saturated heterocycles. The lowest BCUT2D eigenvalue weighted by atomic mass is 9.97. The Morgan fingerprint density at radius 2 is 1.41 bits per heavy atom. The third-order valence-electron chi connectivity index (χ3n) is 4.60. The molecule has 0 aliphatic heterocycles. The van der Waals surface area contributed by atoms with Crippen molar-refractivity contribution in [2.75, 3.05) is 6.61 Å². The minimum atomic E-state index is -1.61. The van der Waals surface area contributed by atoms with E-state index in [0.29, 0.717) is 6.42 Å². The summed E-state index contributed by atoms with van der Waals surface area (Å²) in [6.45, 7) is 2.40. The quantitative estimate of drug-likeness (QED) is 0.124. The zero-order valence-corrected chi connectivity index (χ0v) is 17.7. The molecule has 0 radical (unpaired) electrons. The molecule has 0 saturated carbocycles. The fourth-order valence-corrected chi connectivity index (χ4v) is 2.50. The second kappa shape index (κ2) is 13.9. The lowest BCUT2D eigenvalue weighted by molar-refractivity contribution is -0.143. The molecular weight excluding hydrogens is 432 g/mol. The third kappa shape index (κ3) is 10.2. The van der Waals surface area contributed by atoms with E-state index in [9.17, 15) is 28.8 Å². The molecule has 0 aliphatic carbocycles. The average Bonchev–Trinajstić information content (AvgIpc) is 2.70. The van der Waals surface area contributed by atoms with Gasteiger partial charge in [-0.15, -0.1) is 0 Å². The zero-order valence-electron chi connectivity index (χ0n) is 17.7. The van der Waals surface area contributed by atoms with Crippen LogP contribution in [0.4, 0.5) is 0 Å². The molecule has 14 nitrogen and oxygen atoms in total. The smallest absolute Gasteiger partial charge is 0.328 e. The molecule has 0 aliphatic rings. The predicted molar refractivity (Wildman–Crippen MR) is 107 cm³/mol. The van der Waals surface area contributed by atoms with Crippen molar-refractivity contribution in [3.8, 4) is 0 Å². The van der Waals surface area contributed by atoms with Crippen molar-refractivity contribution < 1.29 is 49.2 Å². The van der Waals surface area contributed by atoms with Gasteiger partial charge in [0.05, 0.1) is 19.1 Å². The minimum Gasteiger partial charge on any atom is -0.481 e. The van der Waals surface area contributed by atoms with Crippen LogP contribution in [0.2, 0.25) is 0 Å². The van der Waals surface area contributed by atoms with E-state index in [2.05, 4.69) is 16.0 Å². The van der Waals surface area contributed by atoms with Gasteiger partial charge in [-0.3, -0.25) is 24.0 Å². The van der Waals surface area contributed by atoms with E-state index < -0.39 is 85.2 Å². The Morgan fingerprint density at radius 3 is 1.84 bits per heavy atom. The summed E-state index contributed by atoms with van der Waals surface area (Å²) in [6, 6.07) is -5.83. The molecule has 0 aromatic heterocycles. The summed E-state index contributed by atoms with van der Waals surface area (Å²) in [4.78, 5) is 70.0. The summed E-state index contributed by atoms with van der Waals surface area (Å²) >= 11 is 0.